The second kappa shape index (κ2) is 9.33. The summed E-state index contributed by atoms with van der Waals surface area (Å²) in [6, 6.07) is 13.0. The number of nitrogens with one attached hydrogen (secondary N) is 1. The average molecular weight is 465 g/mol. The molecule has 1 aliphatic heterocycles. The number of anilines is 1. The molecule has 33 heavy (non-hydrogen) atoms. The molecule has 1 N–H and O–H groups in total. The number of nitrogens with zero attached hydrogens (tertiary/aromatic N) is 3. The Hall–Kier alpha value is -3.85. The van der Waals surface area contributed by atoms with Gasteiger partial charge >= 0.3 is 0 Å². The van der Waals surface area contributed by atoms with E-state index in [2.05, 4.69) is 10.4 Å². The van der Waals surface area contributed by atoms with Crippen molar-refractivity contribution in [3.63, 3.8) is 0 Å². The van der Waals surface area contributed by atoms with Crippen molar-refractivity contribution in [1.29, 1.82) is 0 Å². The lowest BCUT2D eigenvalue weighted by molar-refractivity contribution is -0.113. The highest BCUT2D eigenvalue weighted by Gasteiger charge is 2.33. The Morgan fingerprint density at radius 1 is 1.09 bits per heavy atom. The van der Waals surface area contributed by atoms with Crippen LogP contribution in [0.4, 0.5) is 5.69 Å². The zero-order valence-electron chi connectivity index (χ0n) is 18.8. The van der Waals surface area contributed by atoms with Gasteiger partial charge in [0.25, 0.3) is 5.91 Å². The Morgan fingerprint density at radius 3 is 2.45 bits per heavy atom. The lowest BCUT2D eigenvalue weighted by Crippen LogP contribution is -2.30. The Labute approximate surface area is 197 Å². The van der Waals surface area contributed by atoms with Crippen molar-refractivity contribution in [3.05, 3.63) is 71.2 Å². The van der Waals surface area contributed by atoms with Gasteiger partial charge in [-0.25, -0.2) is 4.90 Å². The summed E-state index contributed by atoms with van der Waals surface area (Å²) >= 11 is 5.41. The Balaban J connectivity index is 1.55. The normalized spacial score (nSPS) is 14.5. The minimum absolute atomic E-state index is 0.233. The van der Waals surface area contributed by atoms with Crippen molar-refractivity contribution in [2.45, 2.75) is 13.5 Å². The molecule has 8 nitrogen and oxygen atoms in total. The molecule has 2 aromatic carbocycles. The molecule has 0 unspecified atom stereocenters. The van der Waals surface area contributed by atoms with Gasteiger partial charge < -0.3 is 19.5 Å². The van der Waals surface area contributed by atoms with Gasteiger partial charge in [-0.1, -0.05) is 6.07 Å². The Morgan fingerprint density at radius 2 is 1.82 bits per heavy atom. The lowest BCUT2D eigenvalue weighted by atomic mass is 10.1. The number of aromatic nitrogens is 2. The number of rotatable bonds is 7. The first-order chi connectivity index (χ1) is 15.9. The van der Waals surface area contributed by atoms with Gasteiger partial charge in [-0.2, -0.15) is 5.10 Å². The summed E-state index contributed by atoms with van der Waals surface area (Å²) in [5, 5.41) is 7.63. The number of hydrogen-bond acceptors (Lipinski definition) is 6. The van der Waals surface area contributed by atoms with E-state index in [1.165, 1.54) is 4.90 Å². The monoisotopic (exact) mass is 464 g/mol. The summed E-state index contributed by atoms with van der Waals surface area (Å²) in [5.41, 5.74) is 3.42. The first-order valence-corrected chi connectivity index (χ1v) is 10.6. The van der Waals surface area contributed by atoms with Crippen molar-refractivity contribution >= 4 is 35.0 Å². The topological polar surface area (TPSA) is 77.9 Å². The molecule has 0 spiro atoms. The van der Waals surface area contributed by atoms with E-state index in [9.17, 15) is 4.79 Å². The number of aryl methyl sites for hydroxylation is 2. The molecule has 0 bridgehead atoms. The number of carbonyl (C=O) groups is 1. The molecule has 2 heterocycles. The second-order valence-corrected chi connectivity index (χ2v) is 7.82. The van der Waals surface area contributed by atoms with Gasteiger partial charge in [0.05, 0.1) is 25.6 Å². The van der Waals surface area contributed by atoms with Crippen LogP contribution in [0.1, 0.15) is 16.8 Å². The zero-order valence-corrected chi connectivity index (χ0v) is 19.6. The number of amides is 1. The van der Waals surface area contributed by atoms with Crippen LogP contribution >= 0.6 is 12.2 Å². The summed E-state index contributed by atoms with van der Waals surface area (Å²) in [4.78, 5) is 14.5. The molecule has 0 atom stereocenters. The Kier molecular flexibility index (Phi) is 6.32. The maximum atomic E-state index is 13.1. The SMILES string of the molecule is COc1ccc(OCc2cc(/C=C3/NC(=S)N(c4cn(C)nc4C)C3=O)ccc2OC)cc1. The quantitative estimate of drug-likeness (QED) is 0.423. The molecule has 1 saturated heterocycles. The Bertz CT molecular complexity index is 1230. The van der Waals surface area contributed by atoms with Crippen molar-refractivity contribution in [2.75, 3.05) is 19.1 Å². The minimum atomic E-state index is -0.233. The number of methoxy groups -OCH3 is 2. The van der Waals surface area contributed by atoms with E-state index in [1.807, 2.05) is 49.4 Å². The smallest absolute Gasteiger partial charge is 0.281 e. The summed E-state index contributed by atoms with van der Waals surface area (Å²) in [6.45, 7) is 2.14. The highest BCUT2D eigenvalue weighted by atomic mass is 32.1. The van der Waals surface area contributed by atoms with Gasteiger partial charge in [0.1, 0.15) is 29.6 Å². The third kappa shape index (κ3) is 4.68. The maximum Gasteiger partial charge on any atom is 0.281 e. The molecular formula is C24H24N4O4S. The largest absolute Gasteiger partial charge is 0.497 e. The lowest BCUT2D eigenvalue weighted by Gasteiger charge is -2.12. The second-order valence-electron chi connectivity index (χ2n) is 7.44. The number of hydrogen-bond donors (Lipinski definition) is 1. The van der Waals surface area contributed by atoms with E-state index in [-0.39, 0.29) is 5.91 Å². The molecule has 1 amide bonds. The fraction of sp³-hybridized carbons (Fsp3) is 0.208. The molecule has 9 heteroatoms. The molecule has 0 aliphatic carbocycles. The van der Waals surface area contributed by atoms with Gasteiger partial charge in [-0.05, 0) is 67.2 Å². The van der Waals surface area contributed by atoms with Crippen LogP contribution in [-0.4, -0.2) is 35.0 Å². The van der Waals surface area contributed by atoms with Crippen LogP contribution in [0.3, 0.4) is 0 Å². The molecule has 0 saturated carbocycles. The molecule has 1 aromatic heterocycles. The maximum absolute atomic E-state index is 13.1. The number of thiocarbonyl (C=S) groups is 1. The van der Waals surface area contributed by atoms with Crippen LogP contribution in [-0.2, 0) is 18.4 Å². The van der Waals surface area contributed by atoms with Crippen molar-refractivity contribution in [2.24, 2.45) is 7.05 Å². The van der Waals surface area contributed by atoms with Gasteiger partial charge in [0, 0.05) is 18.8 Å². The van der Waals surface area contributed by atoms with Gasteiger partial charge in [-0.15, -0.1) is 0 Å². The zero-order chi connectivity index (χ0) is 23.5. The molecule has 4 rings (SSSR count). The third-order valence-corrected chi connectivity index (χ3v) is 5.46. The molecule has 1 fully saturated rings. The van der Waals surface area contributed by atoms with Crippen LogP contribution in [0.2, 0.25) is 0 Å². The van der Waals surface area contributed by atoms with Crippen molar-refractivity contribution < 1.29 is 19.0 Å². The first-order valence-electron chi connectivity index (χ1n) is 10.2. The van der Waals surface area contributed by atoms with Gasteiger partial charge in [-0.3, -0.25) is 9.48 Å². The third-order valence-electron chi connectivity index (χ3n) is 5.18. The van der Waals surface area contributed by atoms with Crippen LogP contribution in [0, 0.1) is 6.92 Å². The minimum Gasteiger partial charge on any atom is -0.497 e. The van der Waals surface area contributed by atoms with E-state index >= 15 is 0 Å². The van der Waals surface area contributed by atoms with Gasteiger partial charge in [0.15, 0.2) is 5.11 Å². The fourth-order valence-electron chi connectivity index (χ4n) is 3.56. The highest BCUT2D eigenvalue weighted by molar-refractivity contribution is 7.80. The summed E-state index contributed by atoms with van der Waals surface area (Å²) in [6.07, 6.45) is 3.53. The van der Waals surface area contributed by atoms with Crippen molar-refractivity contribution in [1.82, 2.24) is 15.1 Å². The summed E-state index contributed by atoms with van der Waals surface area (Å²) in [5.74, 6) is 1.93. The predicted octanol–water partition coefficient (Wildman–Crippen LogP) is 3.59. The predicted molar refractivity (Wildman–Crippen MR) is 129 cm³/mol. The number of carbonyl (C=O) groups excluding carboxylic acids is 1. The molecule has 170 valence electrons. The molecule has 0 radical (unpaired) electrons. The highest BCUT2D eigenvalue weighted by Crippen LogP contribution is 2.27. The number of benzene rings is 2. The van der Waals surface area contributed by atoms with Gasteiger partial charge in [0.2, 0.25) is 0 Å². The first kappa shape index (κ1) is 22.3. The van der Waals surface area contributed by atoms with E-state index in [4.69, 9.17) is 26.4 Å². The van der Waals surface area contributed by atoms with E-state index in [0.29, 0.717) is 34.6 Å². The molecule has 1 aliphatic rings. The fourth-order valence-corrected chi connectivity index (χ4v) is 3.85. The molecule has 3 aromatic rings. The summed E-state index contributed by atoms with van der Waals surface area (Å²) in [7, 11) is 5.03. The van der Waals surface area contributed by atoms with E-state index in [1.54, 1.807) is 38.2 Å². The van der Waals surface area contributed by atoms with E-state index in [0.717, 1.165) is 22.6 Å². The summed E-state index contributed by atoms with van der Waals surface area (Å²) < 4.78 is 18.2. The van der Waals surface area contributed by atoms with Crippen molar-refractivity contribution in [3.8, 4) is 17.2 Å². The van der Waals surface area contributed by atoms with Crippen LogP contribution in [0.15, 0.2) is 54.4 Å². The molecular weight excluding hydrogens is 440 g/mol. The average Bonchev–Trinajstić information content (AvgIpc) is 3.28. The van der Waals surface area contributed by atoms with E-state index < -0.39 is 0 Å². The van der Waals surface area contributed by atoms with Crippen LogP contribution in [0.25, 0.3) is 6.08 Å². The van der Waals surface area contributed by atoms with Crippen LogP contribution < -0.4 is 24.4 Å². The number of ether oxygens (including phenoxy) is 3. The standard InChI is InChI=1S/C24H24N4O4S/c1-15-21(13-27(2)26-15)28-23(29)20(25-24(28)33)12-16-5-10-22(31-4)17(11-16)14-32-19-8-6-18(30-3)7-9-19/h5-13H,14H2,1-4H3,(H,25,33)/b20-12+. The van der Waals surface area contributed by atoms with Crippen LogP contribution in [0.5, 0.6) is 17.2 Å².